The van der Waals surface area contributed by atoms with E-state index in [-0.39, 0.29) is 16.8 Å². The van der Waals surface area contributed by atoms with Crippen LogP contribution in [0, 0.1) is 5.92 Å². The molecule has 1 atom stereocenters. The van der Waals surface area contributed by atoms with Crippen molar-refractivity contribution >= 4 is 15.9 Å². The Kier molecular flexibility index (Phi) is 5.71. The predicted octanol–water partition coefficient (Wildman–Crippen LogP) is 1.89. The van der Waals surface area contributed by atoms with Crippen LogP contribution in [0.5, 0.6) is 0 Å². The molecule has 112 valence electrons. The highest BCUT2D eigenvalue weighted by Gasteiger charge is 2.18. The van der Waals surface area contributed by atoms with E-state index in [1.165, 1.54) is 18.2 Å². The first-order valence-electron chi connectivity index (χ1n) is 6.73. The van der Waals surface area contributed by atoms with Crippen LogP contribution in [0.25, 0.3) is 0 Å². The largest absolute Gasteiger partial charge is 0.349 e. The van der Waals surface area contributed by atoms with E-state index in [9.17, 15) is 13.2 Å². The molecule has 20 heavy (non-hydrogen) atoms. The van der Waals surface area contributed by atoms with Gasteiger partial charge in [0.2, 0.25) is 10.0 Å². The Labute approximate surface area is 120 Å². The molecule has 0 spiro atoms. The lowest BCUT2D eigenvalue weighted by Crippen LogP contribution is -2.37. The van der Waals surface area contributed by atoms with E-state index >= 15 is 0 Å². The Balaban J connectivity index is 2.88. The fraction of sp³-hybridized carbons (Fsp3) is 0.500. The van der Waals surface area contributed by atoms with Crippen molar-refractivity contribution in [3.63, 3.8) is 0 Å². The van der Waals surface area contributed by atoms with Crippen molar-refractivity contribution in [2.75, 3.05) is 0 Å². The minimum atomic E-state index is -3.79. The standard InChI is InChI=1S/C14H22N2O3S/c1-4-11(5-2)10(3)16-14(17)12-7-6-8-13(9-12)20(15,18)19/h6-11H,4-5H2,1-3H3,(H,16,17)(H2,15,18,19). The van der Waals surface area contributed by atoms with E-state index in [2.05, 4.69) is 19.2 Å². The summed E-state index contributed by atoms with van der Waals surface area (Å²) in [6.07, 6.45) is 1.96. The summed E-state index contributed by atoms with van der Waals surface area (Å²) in [5, 5.41) is 7.96. The molecule has 0 aliphatic heterocycles. The second kappa shape index (κ2) is 6.85. The van der Waals surface area contributed by atoms with Crippen molar-refractivity contribution in [3.05, 3.63) is 29.8 Å². The zero-order chi connectivity index (χ0) is 15.3. The summed E-state index contributed by atoms with van der Waals surface area (Å²) in [4.78, 5) is 12.1. The van der Waals surface area contributed by atoms with Crippen molar-refractivity contribution in [1.82, 2.24) is 5.32 Å². The molecule has 0 fully saturated rings. The second-order valence-corrected chi connectivity index (χ2v) is 6.47. The minimum absolute atomic E-state index is 0.0376. The predicted molar refractivity (Wildman–Crippen MR) is 78.8 cm³/mol. The first kappa shape index (κ1) is 16.7. The van der Waals surface area contributed by atoms with Crippen molar-refractivity contribution in [2.45, 2.75) is 44.6 Å². The number of carbonyl (C=O) groups excluding carboxylic acids is 1. The van der Waals surface area contributed by atoms with Crippen LogP contribution in [0.2, 0.25) is 0 Å². The van der Waals surface area contributed by atoms with E-state index in [4.69, 9.17) is 5.14 Å². The average molecular weight is 298 g/mol. The van der Waals surface area contributed by atoms with Gasteiger partial charge in [-0.1, -0.05) is 32.8 Å². The molecular weight excluding hydrogens is 276 g/mol. The summed E-state index contributed by atoms with van der Waals surface area (Å²) < 4.78 is 22.6. The highest BCUT2D eigenvalue weighted by Crippen LogP contribution is 2.14. The van der Waals surface area contributed by atoms with Gasteiger partial charge in [0.1, 0.15) is 0 Å². The number of hydrogen-bond acceptors (Lipinski definition) is 3. The lowest BCUT2D eigenvalue weighted by Gasteiger charge is -2.22. The highest BCUT2D eigenvalue weighted by atomic mass is 32.2. The molecule has 0 aliphatic rings. The number of carbonyl (C=O) groups is 1. The molecule has 1 aromatic carbocycles. The summed E-state index contributed by atoms with van der Waals surface area (Å²) in [6.45, 7) is 6.12. The normalized spacial score (nSPS) is 13.2. The molecule has 1 amide bonds. The first-order valence-corrected chi connectivity index (χ1v) is 8.28. The van der Waals surface area contributed by atoms with Crippen molar-refractivity contribution in [2.24, 2.45) is 11.1 Å². The van der Waals surface area contributed by atoms with E-state index in [1.54, 1.807) is 6.07 Å². The molecule has 0 radical (unpaired) electrons. The molecule has 0 saturated heterocycles. The Morgan fingerprint density at radius 3 is 2.40 bits per heavy atom. The molecular formula is C14H22N2O3S. The SMILES string of the molecule is CCC(CC)C(C)NC(=O)c1cccc(S(N)(=O)=O)c1. The Bertz CT molecular complexity index is 566. The first-order chi connectivity index (χ1) is 9.29. The maximum atomic E-state index is 12.1. The van der Waals surface area contributed by atoms with E-state index in [1.807, 2.05) is 6.92 Å². The molecule has 0 aliphatic carbocycles. The van der Waals surface area contributed by atoms with Crippen LogP contribution >= 0.6 is 0 Å². The van der Waals surface area contributed by atoms with Gasteiger partial charge in [-0.3, -0.25) is 4.79 Å². The molecule has 0 aromatic heterocycles. The number of rotatable bonds is 6. The van der Waals surface area contributed by atoms with Crippen LogP contribution in [0.3, 0.4) is 0 Å². The zero-order valence-electron chi connectivity index (χ0n) is 12.1. The fourth-order valence-corrected chi connectivity index (χ4v) is 2.78. The van der Waals surface area contributed by atoms with Gasteiger partial charge >= 0.3 is 0 Å². The molecule has 0 bridgehead atoms. The summed E-state index contributed by atoms with van der Waals surface area (Å²) in [5.74, 6) is 0.121. The smallest absolute Gasteiger partial charge is 0.251 e. The Hall–Kier alpha value is -1.40. The highest BCUT2D eigenvalue weighted by molar-refractivity contribution is 7.89. The van der Waals surface area contributed by atoms with Gasteiger partial charge in [0.15, 0.2) is 0 Å². The summed E-state index contributed by atoms with van der Waals surface area (Å²) >= 11 is 0. The quantitative estimate of drug-likeness (QED) is 0.840. The third-order valence-electron chi connectivity index (χ3n) is 3.54. The maximum absolute atomic E-state index is 12.1. The number of hydrogen-bond donors (Lipinski definition) is 2. The number of nitrogens with one attached hydrogen (secondary N) is 1. The van der Waals surface area contributed by atoms with Crippen LogP contribution in [0.4, 0.5) is 0 Å². The minimum Gasteiger partial charge on any atom is -0.349 e. The third kappa shape index (κ3) is 4.31. The molecule has 1 aromatic rings. The number of sulfonamides is 1. The molecule has 1 unspecified atom stereocenters. The molecule has 3 N–H and O–H groups in total. The Morgan fingerprint density at radius 2 is 1.90 bits per heavy atom. The molecule has 5 nitrogen and oxygen atoms in total. The Morgan fingerprint density at radius 1 is 1.30 bits per heavy atom. The van der Waals surface area contributed by atoms with Gasteiger partial charge in [0.25, 0.3) is 5.91 Å². The molecule has 0 saturated carbocycles. The van der Waals surface area contributed by atoms with E-state index in [0.717, 1.165) is 12.8 Å². The lowest BCUT2D eigenvalue weighted by atomic mass is 9.95. The monoisotopic (exact) mass is 298 g/mol. The van der Waals surface area contributed by atoms with Crippen molar-refractivity contribution in [3.8, 4) is 0 Å². The third-order valence-corrected chi connectivity index (χ3v) is 4.45. The number of primary sulfonamides is 1. The molecule has 6 heteroatoms. The summed E-state index contributed by atoms with van der Waals surface area (Å²) in [5.41, 5.74) is 0.300. The van der Waals surface area contributed by atoms with Gasteiger partial charge < -0.3 is 5.32 Å². The topological polar surface area (TPSA) is 89.3 Å². The van der Waals surface area contributed by atoms with Gasteiger partial charge in [0, 0.05) is 11.6 Å². The van der Waals surface area contributed by atoms with Gasteiger partial charge in [-0.05, 0) is 31.0 Å². The van der Waals surface area contributed by atoms with Crippen LogP contribution in [-0.4, -0.2) is 20.4 Å². The van der Waals surface area contributed by atoms with Crippen LogP contribution in [0.1, 0.15) is 44.0 Å². The van der Waals surface area contributed by atoms with Gasteiger partial charge in [-0.15, -0.1) is 0 Å². The van der Waals surface area contributed by atoms with Crippen LogP contribution < -0.4 is 10.5 Å². The van der Waals surface area contributed by atoms with Crippen molar-refractivity contribution < 1.29 is 13.2 Å². The second-order valence-electron chi connectivity index (χ2n) is 4.91. The summed E-state index contributed by atoms with van der Waals surface area (Å²) in [7, 11) is -3.79. The van der Waals surface area contributed by atoms with Crippen LogP contribution in [-0.2, 0) is 10.0 Å². The molecule has 1 rings (SSSR count). The lowest BCUT2D eigenvalue weighted by molar-refractivity contribution is 0.0925. The van der Waals surface area contributed by atoms with Gasteiger partial charge in [0.05, 0.1) is 4.90 Å². The molecule has 0 heterocycles. The van der Waals surface area contributed by atoms with Gasteiger partial charge in [-0.25, -0.2) is 13.6 Å². The van der Waals surface area contributed by atoms with Gasteiger partial charge in [-0.2, -0.15) is 0 Å². The van der Waals surface area contributed by atoms with E-state index < -0.39 is 10.0 Å². The number of benzene rings is 1. The average Bonchev–Trinajstić information content (AvgIpc) is 2.39. The maximum Gasteiger partial charge on any atom is 0.251 e. The fourth-order valence-electron chi connectivity index (χ4n) is 2.22. The van der Waals surface area contributed by atoms with E-state index in [0.29, 0.717) is 11.5 Å². The van der Waals surface area contributed by atoms with Crippen LogP contribution in [0.15, 0.2) is 29.2 Å². The number of nitrogens with two attached hydrogens (primary N) is 1. The summed E-state index contributed by atoms with van der Waals surface area (Å²) in [6, 6.07) is 5.79. The zero-order valence-corrected chi connectivity index (χ0v) is 12.9. The van der Waals surface area contributed by atoms with Crippen molar-refractivity contribution in [1.29, 1.82) is 0 Å². The number of amides is 1.